The lowest BCUT2D eigenvalue weighted by atomic mass is 10.0. The van der Waals surface area contributed by atoms with E-state index in [1.54, 1.807) is 56.9 Å². The number of hydrogen-bond acceptors (Lipinski definition) is 13. The molecule has 0 aromatic carbocycles. The normalized spacial score (nSPS) is 44.0. The van der Waals surface area contributed by atoms with Gasteiger partial charge in [0.25, 0.3) is 0 Å². The minimum Gasteiger partial charge on any atom is -0.376 e. The quantitative estimate of drug-likeness (QED) is 0.328. The van der Waals surface area contributed by atoms with Gasteiger partial charge in [0.15, 0.2) is 18.9 Å². The SMILES string of the molecule is COC1COC(OC2C(OC)COC(O[C@@H]3CO[C@H](OC)[C@H](OC)[C@H]3OC)C2OC)C(OC)C1OC. The average Bonchev–Trinajstić information content (AvgIpc) is 2.92. The fourth-order valence-corrected chi connectivity index (χ4v) is 4.99. The average molecular weight is 527 g/mol. The first-order valence-electron chi connectivity index (χ1n) is 11.9. The summed E-state index contributed by atoms with van der Waals surface area (Å²) in [7, 11) is 12.6. The van der Waals surface area contributed by atoms with Crippen molar-refractivity contribution in [1.82, 2.24) is 0 Å². The Morgan fingerprint density at radius 2 is 0.750 bits per heavy atom. The summed E-state index contributed by atoms with van der Waals surface area (Å²) in [6.07, 6.45) is -6.66. The Kier molecular flexibility index (Phi) is 12.2. The molecule has 0 radical (unpaired) electrons. The van der Waals surface area contributed by atoms with Gasteiger partial charge in [-0.15, -0.1) is 0 Å². The Morgan fingerprint density at radius 3 is 1.25 bits per heavy atom. The third-order valence-corrected chi connectivity index (χ3v) is 6.95. The van der Waals surface area contributed by atoms with E-state index in [1.165, 1.54) is 0 Å². The molecule has 0 aliphatic carbocycles. The first kappa shape index (κ1) is 30.0. The highest BCUT2D eigenvalue weighted by Crippen LogP contribution is 2.32. The van der Waals surface area contributed by atoms with Crippen LogP contribution in [0, 0.1) is 0 Å². The topological polar surface area (TPSA) is 120 Å². The number of methoxy groups -OCH3 is 8. The number of rotatable bonds is 12. The lowest BCUT2D eigenvalue weighted by molar-refractivity contribution is -0.359. The molecule has 3 rings (SSSR count). The maximum atomic E-state index is 6.42. The Bertz CT molecular complexity index is 627. The molecular formula is C23H42O13. The van der Waals surface area contributed by atoms with Crippen molar-refractivity contribution in [1.29, 1.82) is 0 Å². The Labute approximate surface area is 212 Å². The summed E-state index contributed by atoms with van der Waals surface area (Å²) in [6.45, 7) is 0.674. The van der Waals surface area contributed by atoms with Crippen LogP contribution in [-0.2, 0) is 61.6 Å². The molecule has 0 aromatic heterocycles. The van der Waals surface area contributed by atoms with Crippen molar-refractivity contribution >= 4 is 0 Å². The summed E-state index contributed by atoms with van der Waals surface area (Å²) in [5.74, 6) is 0. The number of hydrogen-bond donors (Lipinski definition) is 0. The van der Waals surface area contributed by atoms with Crippen LogP contribution >= 0.6 is 0 Å². The maximum absolute atomic E-state index is 6.42. The van der Waals surface area contributed by atoms with Crippen LogP contribution in [-0.4, -0.2) is 151 Å². The smallest absolute Gasteiger partial charge is 0.187 e. The molecule has 0 N–H and O–H groups in total. The predicted octanol–water partition coefficient (Wildman–Crippen LogP) is -0.423. The molecule has 0 aromatic rings. The van der Waals surface area contributed by atoms with Gasteiger partial charge in [-0.1, -0.05) is 0 Å². The van der Waals surface area contributed by atoms with Crippen LogP contribution in [0.3, 0.4) is 0 Å². The molecule has 36 heavy (non-hydrogen) atoms. The molecule has 3 aliphatic heterocycles. The zero-order valence-electron chi connectivity index (χ0n) is 22.4. The van der Waals surface area contributed by atoms with E-state index in [1.807, 2.05) is 0 Å². The molecule has 0 bridgehead atoms. The zero-order chi connectivity index (χ0) is 26.2. The minimum atomic E-state index is -0.816. The van der Waals surface area contributed by atoms with Crippen molar-refractivity contribution in [3.8, 4) is 0 Å². The van der Waals surface area contributed by atoms with Crippen molar-refractivity contribution in [2.24, 2.45) is 0 Å². The van der Waals surface area contributed by atoms with Crippen LogP contribution in [0.15, 0.2) is 0 Å². The molecule has 0 saturated carbocycles. The summed E-state index contributed by atoms with van der Waals surface area (Å²) in [5, 5.41) is 0. The highest BCUT2D eigenvalue weighted by Gasteiger charge is 2.51. The van der Waals surface area contributed by atoms with Gasteiger partial charge in [0.2, 0.25) is 0 Å². The van der Waals surface area contributed by atoms with Gasteiger partial charge in [-0.3, -0.25) is 0 Å². The highest BCUT2D eigenvalue weighted by atomic mass is 16.8. The lowest BCUT2D eigenvalue weighted by Crippen LogP contribution is -2.63. The molecule has 3 heterocycles. The van der Waals surface area contributed by atoms with E-state index in [0.717, 1.165) is 0 Å². The van der Waals surface area contributed by atoms with Crippen LogP contribution < -0.4 is 0 Å². The van der Waals surface area contributed by atoms with Crippen LogP contribution in [0.2, 0.25) is 0 Å². The second kappa shape index (κ2) is 14.6. The predicted molar refractivity (Wildman–Crippen MR) is 122 cm³/mol. The van der Waals surface area contributed by atoms with E-state index >= 15 is 0 Å². The molecule has 0 spiro atoms. The molecular weight excluding hydrogens is 484 g/mol. The summed E-state index contributed by atoms with van der Waals surface area (Å²) in [4.78, 5) is 0. The van der Waals surface area contributed by atoms with Crippen molar-refractivity contribution in [3.05, 3.63) is 0 Å². The van der Waals surface area contributed by atoms with Gasteiger partial charge in [-0.2, -0.15) is 0 Å². The molecule has 3 fully saturated rings. The van der Waals surface area contributed by atoms with Gasteiger partial charge in [0.05, 0.1) is 19.8 Å². The van der Waals surface area contributed by atoms with Crippen LogP contribution in [0.25, 0.3) is 0 Å². The van der Waals surface area contributed by atoms with Crippen LogP contribution in [0.1, 0.15) is 0 Å². The van der Waals surface area contributed by atoms with E-state index < -0.39 is 67.7 Å². The molecule has 13 nitrogen and oxygen atoms in total. The molecule has 212 valence electrons. The molecule has 13 heteroatoms. The Balaban J connectivity index is 1.76. The fraction of sp³-hybridized carbons (Fsp3) is 1.00. The molecule has 8 unspecified atom stereocenters. The minimum absolute atomic E-state index is 0.199. The highest BCUT2D eigenvalue weighted by molar-refractivity contribution is 4.93. The van der Waals surface area contributed by atoms with Crippen molar-refractivity contribution < 1.29 is 61.6 Å². The Hall–Kier alpha value is -0.520. The first-order valence-corrected chi connectivity index (χ1v) is 11.9. The molecule has 0 amide bonds. The van der Waals surface area contributed by atoms with Gasteiger partial charge in [-0.25, -0.2) is 0 Å². The van der Waals surface area contributed by atoms with Crippen LogP contribution in [0.5, 0.6) is 0 Å². The first-order chi connectivity index (χ1) is 17.5. The second-order valence-electron chi connectivity index (χ2n) is 8.67. The fourth-order valence-electron chi connectivity index (χ4n) is 4.99. The van der Waals surface area contributed by atoms with E-state index in [4.69, 9.17) is 61.6 Å². The molecule has 12 atom stereocenters. The summed E-state index contributed by atoms with van der Waals surface area (Å²) in [6, 6.07) is 0. The second-order valence-corrected chi connectivity index (χ2v) is 8.67. The van der Waals surface area contributed by atoms with E-state index in [9.17, 15) is 0 Å². The molecule has 3 saturated heterocycles. The van der Waals surface area contributed by atoms with Crippen LogP contribution in [0.4, 0.5) is 0 Å². The number of ether oxygens (including phenoxy) is 13. The standard InChI is InChI=1S/C23H42O13/c1-24-12-9-34-23(19(29-6)15(12)26-3)36-17-13(25-2)10-33-22(20(17)30-7)35-14-11-32-21(31-8)18(28-5)16(14)27-4/h12-23H,9-11H2,1-8H3/t12?,13?,14-,15?,16+,17?,18-,19?,20?,21+,22?,23?/m1/s1. The largest absolute Gasteiger partial charge is 0.376 e. The van der Waals surface area contributed by atoms with Gasteiger partial charge < -0.3 is 61.6 Å². The van der Waals surface area contributed by atoms with Gasteiger partial charge in [-0.05, 0) is 0 Å². The van der Waals surface area contributed by atoms with E-state index in [-0.39, 0.29) is 25.9 Å². The van der Waals surface area contributed by atoms with Crippen molar-refractivity contribution in [2.75, 3.05) is 76.7 Å². The monoisotopic (exact) mass is 526 g/mol. The van der Waals surface area contributed by atoms with Crippen molar-refractivity contribution in [2.45, 2.75) is 73.8 Å². The lowest BCUT2D eigenvalue weighted by Gasteiger charge is -2.47. The zero-order valence-corrected chi connectivity index (χ0v) is 22.4. The molecule has 3 aliphatic rings. The summed E-state index contributed by atoms with van der Waals surface area (Å²) in [5.41, 5.74) is 0. The van der Waals surface area contributed by atoms with Gasteiger partial charge in [0.1, 0.15) is 54.9 Å². The van der Waals surface area contributed by atoms with Crippen molar-refractivity contribution in [3.63, 3.8) is 0 Å². The Morgan fingerprint density at radius 1 is 0.361 bits per heavy atom. The summed E-state index contributed by atoms with van der Waals surface area (Å²) >= 11 is 0. The summed E-state index contributed by atoms with van der Waals surface area (Å²) < 4.78 is 75.4. The third-order valence-electron chi connectivity index (χ3n) is 6.95. The maximum Gasteiger partial charge on any atom is 0.187 e. The van der Waals surface area contributed by atoms with E-state index in [0.29, 0.717) is 0 Å². The van der Waals surface area contributed by atoms with Gasteiger partial charge >= 0.3 is 0 Å². The van der Waals surface area contributed by atoms with E-state index in [2.05, 4.69) is 0 Å². The third kappa shape index (κ3) is 6.37. The van der Waals surface area contributed by atoms with Gasteiger partial charge in [0, 0.05) is 56.9 Å².